The number of hydrogen-bond donors (Lipinski definition) is 1. The van der Waals surface area contributed by atoms with Crippen LogP contribution in [0.5, 0.6) is 0 Å². The third-order valence-electron chi connectivity index (χ3n) is 3.17. The summed E-state index contributed by atoms with van der Waals surface area (Å²) in [5.74, 6) is -1.04. The molecule has 0 spiro atoms. The SMILES string of the molecule is O=C(c1cccs1)c1ccc(CNC(=O)c2ccccc2F)s1. The summed E-state index contributed by atoms with van der Waals surface area (Å²) in [5, 5.41) is 4.52. The second kappa shape index (κ2) is 6.85. The first-order valence-electron chi connectivity index (χ1n) is 6.85. The molecule has 0 saturated heterocycles. The first kappa shape index (κ1) is 15.6. The number of benzene rings is 1. The Balaban J connectivity index is 1.65. The Morgan fingerprint density at radius 1 is 1.00 bits per heavy atom. The molecule has 0 aliphatic carbocycles. The van der Waals surface area contributed by atoms with E-state index in [-0.39, 0.29) is 17.9 Å². The number of halogens is 1. The molecule has 2 heterocycles. The molecular formula is C17H12FNO2S2. The molecule has 0 saturated carbocycles. The van der Waals surface area contributed by atoms with Crippen molar-refractivity contribution in [2.75, 3.05) is 0 Å². The van der Waals surface area contributed by atoms with Crippen molar-refractivity contribution in [3.8, 4) is 0 Å². The molecule has 3 aromatic rings. The Labute approximate surface area is 140 Å². The largest absolute Gasteiger partial charge is 0.347 e. The maximum atomic E-state index is 13.5. The van der Waals surface area contributed by atoms with Crippen LogP contribution in [0.2, 0.25) is 0 Å². The molecule has 116 valence electrons. The van der Waals surface area contributed by atoms with E-state index in [0.29, 0.717) is 9.75 Å². The smallest absolute Gasteiger partial charge is 0.254 e. The maximum Gasteiger partial charge on any atom is 0.254 e. The Hall–Kier alpha value is -2.31. The zero-order chi connectivity index (χ0) is 16.2. The monoisotopic (exact) mass is 345 g/mol. The van der Waals surface area contributed by atoms with Gasteiger partial charge in [-0.1, -0.05) is 18.2 Å². The van der Waals surface area contributed by atoms with Gasteiger partial charge in [0.1, 0.15) is 5.82 Å². The lowest BCUT2D eigenvalue weighted by molar-refractivity contribution is 0.0946. The van der Waals surface area contributed by atoms with Crippen molar-refractivity contribution >= 4 is 34.4 Å². The number of ketones is 1. The van der Waals surface area contributed by atoms with E-state index in [9.17, 15) is 14.0 Å². The minimum absolute atomic E-state index is 0.0129. The second-order valence-corrected chi connectivity index (χ2v) is 6.85. The molecule has 3 nitrogen and oxygen atoms in total. The molecule has 23 heavy (non-hydrogen) atoms. The molecule has 1 aromatic carbocycles. The Bertz CT molecular complexity index is 840. The van der Waals surface area contributed by atoms with E-state index in [1.165, 1.54) is 40.9 Å². The van der Waals surface area contributed by atoms with Crippen LogP contribution in [0.1, 0.15) is 29.8 Å². The quantitative estimate of drug-likeness (QED) is 0.707. The van der Waals surface area contributed by atoms with E-state index in [1.54, 1.807) is 24.3 Å². The topological polar surface area (TPSA) is 46.2 Å². The molecule has 1 N–H and O–H groups in total. The number of carbonyl (C=O) groups excluding carboxylic acids is 2. The fourth-order valence-corrected chi connectivity index (χ4v) is 3.68. The number of amides is 1. The highest BCUT2D eigenvalue weighted by atomic mass is 32.1. The van der Waals surface area contributed by atoms with Gasteiger partial charge in [-0.2, -0.15) is 0 Å². The van der Waals surface area contributed by atoms with E-state index < -0.39 is 11.7 Å². The van der Waals surface area contributed by atoms with Gasteiger partial charge in [0.15, 0.2) is 0 Å². The number of hydrogen-bond acceptors (Lipinski definition) is 4. The average molecular weight is 345 g/mol. The Morgan fingerprint density at radius 2 is 1.83 bits per heavy atom. The number of nitrogens with one attached hydrogen (secondary N) is 1. The molecule has 0 bridgehead atoms. The predicted molar refractivity (Wildman–Crippen MR) is 89.6 cm³/mol. The number of thiophene rings is 2. The third-order valence-corrected chi connectivity index (χ3v) is 5.12. The van der Waals surface area contributed by atoms with Crippen molar-refractivity contribution in [1.29, 1.82) is 0 Å². The lowest BCUT2D eigenvalue weighted by atomic mass is 10.2. The average Bonchev–Trinajstić information content (AvgIpc) is 3.24. The van der Waals surface area contributed by atoms with E-state index >= 15 is 0 Å². The minimum atomic E-state index is -0.551. The summed E-state index contributed by atoms with van der Waals surface area (Å²) in [5.41, 5.74) is 0.0129. The van der Waals surface area contributed by atoms with Crippen molar-refractivity contribution in [3.63, 3.8) is 0 Å². The van der Waals surface area contributed by atoms with Gasteiger partial charge in [0.25, 0.3) is 5.91 Å². The van der Waals surface area contributed by atoms with Gasteiger partial charge in [0.2, 0.25) is 5.78 Å². The predicted octanol–water partition coefficient (Wildman–Crippen LogP) is 4.11. The third kappa shape index (κ3) is 3.55. The van der Waals surface area contributed by atoms with Gasteiger partial charge in [-0.3, -0.25) is 9.59 Å². The van der Waals surface area contributed by atoms with Crippen LogP contribution in [0.4, 0.5) is 4.39 Å². The molecular weight excluding hydrogens is 333 g/mol. The maximum absolute atomic E-state index is 13.5. The molecule has 0 atom stereocenters. The summed E-state index contributed by atoms with van der Waals surface area (Å²) in [7, 11) is 0. The van der Waals surface area contributed by atoms with Crippen molar-refractivity contribution in [2.24, 2.45) is 0 Å². The van der Waals surface area contributed by atoms with Gasteiger partial charge in [-0.05, 0) is 35.7 Å². The van der Waals surface area contributed by atoms with Gasteiger partial charge >= 0.3 is 0 Å². The lowest BCUT2D eigenvalue weighted by Crippen LogP contribution is -2.23. The van der Waals surface area contributed by atoms with Crippen LogP contribution in [0, 0.1) is 5.82 Å². The molecule has 1 amide bonds. The van der Waals surface area contributed by atoms with Crippen LogP contribution in [0.25, 0.3) is 0 Å². The highest BCUT2D eigenvalue weighted by Gasteiger charge is 2.14. The fraction of sp³-hybridized carbons (Fsp3) is 0.0588. The van der Waals surface area contributed by atoms with Crippen molar-refractivity contribution in [1.82, 2.24) is 5.32 Å². The summed E-state index contributed by atoms with van der Waals surface area (Å²) in [6.07, 6.45) is 0. The Kier molecular flexibility index (Phi) is 4.64. The van der Waals surface area contributed by atoms with E-state index in [1.807, 2.05) is 11.4 Å². The standard InChI is InChI=1S/C17H12FNO2S2/c18-13-5-2-1-4-12(13)17(21)19-10-11-7-8-15(23-11)16(20)14-6-3-9-22-14/h1-9H,10H2,(H,19,21). The van der Waals surface area contributed by atoms with Crippen molar-refractivity contribution in [2.45, 2.75) is 6.54 Å². The molecule has 2 aromatic heterocycles. The van der Waals surface area contributed by atoms with E-state index in [2.05, 4.69) is 5.32 Å². The summed E-state index contributed by atoms with van der Waals surface area (Å²) in [4.78, 5) is 26.3. The first-order chi connectivity index (χ1) is 11.1. The van der Waals surface area contributed by atoms with Crippen molar-refractivity contribution in [3.05, 3.63) is 79.9 Å². The molecule has 0 radical (unpaired) electrons. The highest BCUT2D eigenvalue weighted by Crippen LogP contribution is 2.22. The van der Waals surface area contributed by atoms with Crippen LogP contribution < -0.4 is 5.32 Å². The molecule has 6 heteroatoms. The molecule has 0 fully saturated rings. The zero-order valence-electron chi connectivity index (χ0n) is 11.9. The summed E-state index contributed by atoms with van der Waals surface area (Å²) in [6.45, 7) is 0.259. The van der Waals surface area contributed by atoms with E-state index in [4.69, 9.17) is 0 Å². The zero-order valence-corrected chi connectivity index (χ0v) is 13.5. The number of rotatable bonds is 5. The summed E-state index contributed by atoms with van der Waals surface area (Å²) < 4.78 is 13.5. The van der Waals surface area contributed by atoms with Crippen LogP contribution >= 0.6 is 22.7 Å². The first-order valence-corrected chi connectivity index (χ1v) is 8.54. The van der Waals surface area contributed by atoms with Crippen LogP contribution in [0.3, 0.4) is 0 Å². The summed E-state index contributed by atoms with van der Waals surface area (Å²) in [6, 6.07) is 13.0. The second-order valence-electron chi connectivity index (χ2n) is 4.73. The fourth-order valence-electron chi connectivity index (χ4n) is 2.03. The Morgan fingerprint density at radius 3 is 2.57 bits per heavy atom. The van der Waals surface area contributed by atoms with Crippen LogP contribution in [0.15, 0.2) is 53.9 Å². The van der Waals surface area contributed by atoms with Crippen molar-refractivity contribution < 1.29 is 14.0 Å². The normalized spacial score (nSPS) is 10.5. The summed E-state index contributed by atoms with van der Waals surface area (Å²) >= 11 is 2.73. The molecule has 3 rings (SSSR count). The highest BCUT2D eigenvalue weighted by molar-refractivity contribution is 7.16. The number of carbonyl (C=O) groups is 2. The lowest BCUT2D eigenvalue weighted by Gasteiger charge is -2.04. The van der Waals surface area contributed by atoms with E-state index in [0.717, 1.165) is 4.88 Å². The van der Waals surface area contributed by atoms with Crippen LogP contribution in [-0.4, -0.2) is 11.7 Å². The molecule has 0 unspecified atom stereocenters. The molecule has 0 aliphatic heterocycles. The van der Waals surface area contributed by atoms with Gasteiger partial charge in [-0.25, -0.2) is 4.39 Å². The van der Waals surface area contributed by atoms with Gasteiger partial charge in [0, 0.05) is 4.88 Å². The van der Waals surface area contributed by atoms with Gasteiger partial charge in [-0.15, -0.1) is 22.7 Å². The van der Waals surface area contributed by atoms with Gasteiger partial charge in [0.05, 0.1) is 21.9 Å². The molecule has 0 aliphatic rings. The van der Waals surface area contributed by atoms with Gasteiger partial charge < -0.3 is 5.32 Å². The minimum Gasteiger partial charge on any atom is -0.347 e. The van der Waals surface area contributed by atoms with Crippen LogP contribution in [-0.2, 0) is 6.54 Å².